The van der Waals surface area contributed by atoms with Crippen LogP contribution >= 0.6 is 0 Å². The summed E-state index contributed by atoms with van der Waals surface area (Å²) in [5.41, 5.74) is 0. The van der Waals surface area contributed by atoms with Crippen LogP contribution in [0.3, 0.4) is 0 Å². The Bertz CT molecular complexity index is 130. The fraction of sp³-hybridized carbons (Fsp3) is 1.00. The summed E-state index contributed by atoms with van der Waals surface area (Å²) in [6, 6.07) is 0. The SMILES string of the molecule is OC[C@H]1OC[C@H](F)[C@@H](O)[C@@H]1O. The molecule has 1 aliphatic rings. The van der Waals surface area contributed by atoms with Gasteiger partial charge in [-0.2, -0.15) is 0 Å². The minimum absolute atomic E-state index is 0.274. The van der Waals surface area contributed by atoms with Crippen molar-refractivity contribution < 1.29 is 24.4 Å². The van der Waals surface area contributed by atoms with Crippen molar-refractivity contribution in [2.45, 2.75) is 24.5 Å². The monoisotopic (exact) mass is 166 g/mol. The molecule has 0 amide bonds. The molecule has 4 nitrogen and oxygen atoms in total. The molecule has 3 N–H and O–H groups in total. The normalized spacial score (nSPS) is 45.8. The number of hydrogen-bond donors (Lipinski definition) is 3. The second-order valence-electron chi connectivity index (χ2n) is 2.55. The highest BCUT2D eigenvalue weighted by atomic mass is 19.1. The van der Waals surface area contributed by atoms with Crippen molar-refractivity contribution in [3.63, 3.8) is 0 Å². The average Bonchev–Trinajstić information content (AvgIpc) is 2.01. The van der Waals surface area contributed by atoms with Crippen LogP contribution in [0.25, 0.3) is 0 Å². The highest BCUT2D eigenvalue weighted by Crippen LogP contribution is 2.16. The molecule has 11 heavy (non-hydrogen) atoms. The molecule has 0 radical (unpaired) electrons. The first-order valence-corrected chi connectivity index (χ1v) is 3.39. The van der Waals surface area contributed by atoms with Crippen LogP contribution < -0.4 is 0 Å². The van der Waals surface area contributed by atoms with Crippen molar-refractivity contribution in [2.75, 3.05) is 13.2 Å². The van der Waals surface area contributed by atoms with E-state index >= 15 is 0 Å². The molecule has 0 bridgehead atoms. The molecular weight excluding hydrogens is 155 g/mol. The second-order valence-corrected chi connectivity index (χ2v) is 2.55. The lowest BCUT2D eigenvalue weighted by Gasteiger charge is -2.32. The third kappa shape index (κ3) is 1.67. The van der Waals surface area contributed by atoms with E-state index in [9.17, 15) is 4.39 Å². The average molecular weight is 166 g/mol. The Balaban J connectivity index is 2.52. The quantitative estimate of drug-likeness (QED) is 0.440. The Morgan fingerprint density at radius 1 is 1.36 bits per heavy atom. The first-order valence-electron chi connectivity index (χ1n) is 3.39. The van der Waals surface area contributed by atoms with Gasteiger partial charge in [0.15, 0.2) is 6.17 Å². The highest BCUT2D eigenvalue weighted by molar-refractivity contribution is 4.86. The van der Waals surface area contributed by atoms with Crippen LogP contribution in [-0.2, 0) is 4.74 Å². The molecule has 0 aliphatic carbocycles. The van der Waals surface area contributed by atoms with Crippen LogP contribution in [0, 0.1) is 0 Å². The van der Waals surface area contributed by atoms with Crippen LogP contribution in [0.2, 0.25) is 0 Å². The molecule has 0 aromatic rings. The Hall–Kier alpha value is -0.230. The molecule has 1 heterocycles. The van der Waals surface area contributed by atoms with Gasteiger partial charge in [0.1, 0.15) is 18.3 Å². The second kappa shape index (κ2) is 3.44. The van der Waals surface area contributed by atoms with Crippen molar-refractivity contribution in [1.82, 2.24) is 0 Å². The highest BCUT2D eigenvalue weighted by Gasteiger charge is 2.37. The summed E-state index contributed by atoms with van der Waals surface area (Å²) in [5.74, 6) is 0. The van der Waals surface area contributed by atoms with E-state index in [0.29, 0.717) is 0 Å². The first kappa shape index (κ1) is 8.86. The van der Waals surface area contributed by atoms with Crippen LogP contribution in [0.5, 0.6) is 0 Å². The molecule has 66 valence electrons. The maximum absolute atomic E-state index is 12.5. The van der Waals surface area contributed by atoms with Crippen molar-refractivity contribution in [3.05, 3.63) is 0 Å². The molecule has 0 aromatic heterocycles. The van der Waals surface area contributed by atoms with Crippen LogP contribution in [0.1, 0.15) is 0 Å². The van der Waals surface area contributed by atoms with E-state index in [1.165, 1.54) is 0 Å². The molecule has 1 rings (SSSR count). The third-order valence-electron chi connectivity index (χ3n) is 1.75. The van der Waals surface area contributed by atoms with Gasteiger partial charge in [-0.15, -0.1) is 0 Å². The first-order chi connectivity index (χ1) is 5.16. The third-order valence-corrected chi connectivity index (χ3v) is 1.75. The van der Waals surface area contributed by atoms with E-state index < -0.39 is 31.1 Å². The lowest BCUT2D eigenvalue weighted by Crippen LogP contribution is -2.52. The van der Waals surface area contributed by atoms with Gasteiger partial charge in [0.2, 0.25) is 0 Å². The molecule has 4 atom stereocenters. The molecule has 1 saturated heterocycles. The van der Waals surface area contributed by atoms with Crippen molar-refractivity contribution in [2.24, 2.45) is 0 Å². The molecule has 0 spiro atoms. The predicted octanol–water partition coefficient (Wildman–Crippen LogP) is -1.56. The van der Waals surface area contributed by atoms with Crippen molar-refractivity contribution >= 4 is 0 Å². The maximum atomic E-state index is 12.5. The van der Waals surface area contributed by atoms with Gasteiger partial charge >= 0.3 is 0 Å². The Labute approximate surface area is 63.2 Å². The molecule has 5 heteroatoms. The van der Waals surface area contributed by atoms with Crippen LogP contribution in [0.15, 0.2) is 0 Å². The fourth-order valence-corrected chi connectivity index (χ4v) is 1.01. The standard InChI is InChI=1S/C6H11FO4/c7-3-2-11-4(1-8)6(10)5(3)9/h3-6,8-10H,1-2H2/t3-,4+,5+,6+/m0/s1. The van der Waals surface area contributed by atoms with Gasteiger partial charge in [0.25, 0.3) is 0 Å². The van der Waals surface area contributed by atoms with E-state index in [4.69, 9.17) is 15.3 Å². The lowest BCUT2D eigenvalue weighted by atomic mass is 10.0. The minimum Gasteiger partial charge on any atom is -0.394 e. The minimum atomic E-state index is -1.56. The van der Waals surface area contributed by atoms with Gasteiger partial charge < -0.3 is 20.1 Å². The van der Waals surface area contributed by atoms with E-state index in [0.717, 1.165) is 0 Å². The Morgan fingerprint density at radius 3 is 2.55 bits per heavy atom. The van der Waals surface area contributed by atoms with Gasteiger partial charge in [-0.25, -0.2) is 4.39 Å². The molecule has 1 fully saturated rings. The Morgan fingerprint density at radius 2 is 2.00 bits per heavy atom. The van der Waals surface area contributed by atoms with Crippen LogP contribution in [-0.4, -0.2) is 53.0 Å². The number of rotatable bonds is 1. The molecular formula is C6H11FO4. The number of hydrogen-bond acceptors (Lipinski definition) is 4. The summed E-state index contributed by atoms with van der Waals surface area (Å²) in [6.07, 6.45) is -5.20. The van der Waals surface area contributed by atoms with Gasteiger partial charge in [0, 0.05) is 0 Å². The fourth-order valence-electron chi connectivity index (χ4n) is 1.01. The maximum Gasteiger partial charge on any atom is 0.152 e. The zero-order valence-corrected chi connectivity index (χ0v) is 5.85. The zero-order valence-electron chi connectivity index (χ0n) is 5.85. The van der Waals surface area contributed by atoms with Gasteiger partial charge in [-0.1, -0.05) is 0 Å². The summed E-state index contributed by atoms with van der Waals surface area (Å²) in [7, 11) is 0. The molecule has 0 aromatic carbocycles. The lowest BCUT2D eigenvalue weighted by molar-refractivity contribution is -0.178. The van der Waals surface area contributed by atoms with Gasteiger partial charge in [0.05, 0.1) is 13.2 Å². The summed E-state index contributed by atoms with van der Waals surface area (Å²) >= 11 is 0. The van der Waals surface area contributed by atoms with E-state index in [1.54, 1.807) is 0 Å². The van der Waals surface area contributed by atoms with Crippen LogP contribution in [0.4, 0.5) is 4.39 Å². The van der Waals surface area contributed by atoms with Gasteiger partial charge in [-0.3, -0.25) is 0 Å². The van der Waals surface area contributed by atoms with Crippen molar-refractivity contribution in [3.8, 4) is 0 Å². The number of alkyl halides is 1. The molecule has 0 unspecified atom stereocenters. The smallest absolute Gasteiger partial charge is 0.152 e. The summed E-state index contributed by atoms with van der Waals surface area (Å²) in [6.45, 7) is -0.686. The number of halogens is 1. The van der Waals surface area contributed by atoms with E-state index in [1.807, 2.05) is 0 Å². The van der Waals surface area contributed by atoms with Gasteiger partial charge in [-0.05, 0) is 0 Å². The van der Waals surface area contributed by atoms with E-state index in [-0.39, 0.29) is 6.61 Å². The predicted molar refractivity (Wildman–Crippen MR) is 33.7 cm³/mol. The summed E-state index contributed by atoms with van der Waals surface area (Å²) < 4.78 is 17.2. The summed E-state index contributed by atoms with van der Waals surface area (Å²) in [5, 5.41) is 26.5. The topological polar surface area (TPSA) is 69.9 Å². The largest absolute Gasteiger partial charge is 0.394 e. The van der Waals surface area contributed by atoms with Crippen molar-refractivity contribution in [1.29, 1.82) is 0 Å². The summed E-state index contributed by atoms with van der Waals surface area (Å²) in [4.78, 5) is 0. The number of aliphatic hydroxyl groups excluding tert-OH is 3. The zero-order chi connectivity index (χ0) is 8.43. The van der Waals surface area contributed by atoms with E-state index in [2.05, 4.69) is 4.74 Å². The Kier molecular flexibility index (Phi) is 2.78. The molecule has 1 aliphatic heterocycles. The number of ether oxygens (including phenoxy) is 1. The molecule has 0 saturated carbocycles. The number of aliphatic hydroxyl groups is 3.